The van der Waals surface area contributed by atoms with Crippen molar-refractivity contribution in [3.05, 3.63) is 6.61 Å². The standard InChI is InChI=1S/C4H3F2O/c1-2-3-7-4(5)6/h1,3-4H. The summed E-state index contributed by atoms with van der Waals surface area (Å²) in [4.78, 5) is 0. The predicted molar refractivity (Wildman–Crippen MR) is 20.2 cm³/mol. The van der Waals surface area contributed by atoms with Gasteiger partial charge in [-0.15, -0.1) is 6.42 Å². The minimum atomic E-state index is -2.80. The molecule has 0 heterocycles. The van der Waals surface area contributed by atoms with Gasteiger partial charge >= 0.3 is 6.61 Å². The Kier molecular flexibility index (Phi) is 3.25. The average Bonchev–Trinajstić information content (AvgIpc) is 1.61. The molecule has 1 radical (unpaired) electrons. The lowest BCUT2D eigenvalue weighted by atomic mass is 10.8. The van der Waals surface area contributed by atoms with Crippen molar-refractivity contribution in [2.24, 2.45) is 0 Å². The fraction of sp³-hybridized carbons (Fsp3) is 0.250. The fourth-order valence-electron chi connectivity index (χ4n) is 0.0907. The maximum Gasteiger partial charge on any atom is 0.346 e. The minimum absolute atomic E-state index is 0.602. The molecule has 0 saturated heterocycles. The maximum absolute atomic E-state index is 10.9. The number of alkyl halides is 2. The van der Waals surface area contributed by atoms with E-state index >= 15 is 0 Å². The lowest BCUT2D eigenvalue weighted by Gasteiger charge is -1.90. The maximum atomic E-state index is 10.9. The van der Waals surface area contributed by atoms with E-state index in [4.69, 9.17) is 0 Å². The molecule has 39 valence electrons. The molecule has 0 unspecified atom stereocenters. The van der Waals surface area contributed by atoms with Crippen molar-refractivity contribution in [3.63, 3.8) is 0 Å². The topological polar surface area (TPSA) is 9.23 Å². The number of terminal acetylenes is 1. The van der Waals surface area contributed by atoms with E-state index in [1.807, 2.05) is 0 Å². The Bertz CT molecular complexity index is 74.2. The number of ether oxygens (including phenoxy) is 1. The van der Waals surface area contributed by atoms with Crippen LogP contribution in [0, 0.1) is 19.0 Å². The quantitative estimate of drug-likeness (QED) is 0.476. The second-order valence-electron chi connectivity index (χ2n) is 0.681. The highest BCUT2D eigenvalue weighted by Gasteiger charge is 1.96. The minimum Gasteiger partial charge on any atom is -0.303 e. The number of rotatable bonds is 2. The largest absolute Gasteiger partial charge is 0.346 e. The summed E-state index contributed by atoms with van der Waals surface area (Å²) in [7, 11) is 0. The second-order valence-corrected chi connectivity index (χ2v) is 0.681. The third kappa shape index (κ3) is 5.38. The van der Waals surface area contributed by atoms with E-state index in [9.17, 15) is 8.78 Å². The van der Waals surface area contributed by atoms with Crippen LogP contribution in [-0.4, -0.2) is 6.61 Å². The molecule has 0 fully saturated rings. The molecule has 0 aliphatic carbocycles. The smallest absolute Gasteiger partial charge is 0.303 e. The predicted octanol–water partition coefficient (Wildman–Crippen LogP) is 1.02. The normalized spacial score (nSPS) is 8.86. The van der Waals surface area contributed by atoms with Crippen LogP contribution in [0.2, 0.25) is 0 Å². The van der Waals surface area contributed by atoms with Crippen molar-refractivity contribution in [2.75, 3.05) is 0 Å². The van der Waals surface area contributed by atoms with Gasteiger partial charge in [0.2, 0.25) is 0 Å². The number of hydrogen-bond acceptors (Lipinski definition) is 1. The summed E-state index contributed by atoms with van der Waals surface area (Å²) in [5.74, 6) is 1.77. The molecule has 0 aliphatic heterocycles. The molecule has 3 heteroatoms. The Labute approximate surface area is 40.3 Å². The van der Waals surface area contributed by atoms with Crippen molar-refractivity contribution in [2.45, 2.75) is 6.61 Å². The van der Waals surface area contributed by atoms with Crippen LogP contribution in [0.3, 0.4) is 0 Å². The van der Waals surface area contributed by atoms with E-state index in [0.29, 0.717) is 6.61 Å². The molecule has 0 bridgehead atoms. The zero-order valence-corrected chi connectivity index (χ0v) is 3.40. The lowest BCUT2D eigenvalue weighted by molar-refractivity contribution is -0.0951. The van der Waals surface area contributed by atoms with Gasteiger partial charge in [0.25, 0.3) is 0 Å². The molecule has 0 aromatic carbocycles. The van der Waals surface area contributed by atoms with Crippen LogP contribution in [-0.2, 0) is 4.74 Å². The van der Waals surface area contributed by atoms with Gasteiger partial charge in [-0.3, -0.25) is 0 Å². The zero-order valence-electron chi connectivity index (χ0n) is 3.40. The lowest BCUT2D eigenvalue weighted by Crippen LogP contribution is -1.92. The van der Waals surface area contributed by atoms with Gasteiger partial charge in [-0.25, -0.2) is 0 Å². The van der Waals surface area contributed by atoms with Crippen LogP contribution in [0.5, 0.6) is 0 Å². The first-order valence-electron chi connectivity index (χ1n) is 1.49. The molecule has 1 nitrogen and oxygen atoms in total. The van der Waals surface area contributed by atoms with Crippen molar-refractivity contribution >= 4 is 0 Å². The van der Waals surface area contributed by atoms with Crippen LogP contribution < -0.4 is 0 Å². The zero-order chi connectivity index (χ0) is 5.70. The van der Waals surface area contributed by atoms with Crippen molar-refractivity contribution in [1.82, 2.24) is 0 Å². The van der Waals surface area contributed by atoms with Gasteiger partial charge in [-0.2, -0.15) is 8.78 Å². The van der Waals surface area contributed by atoms with Crippen molar-refractivity contribution < 1.29 is 13.5 Å². The fourth-order valence-corrected chi connectivity index (χ4v) is 0.0907. The summed E-state index contributed by atoms with van der Waals surface area (Å²) in [6.45, 7) is -2.19. The Balaban J connectivity index is 2.86. The van der Waals surface area contributed by atoms with Crippen LogP contribution in [0.15, 0.2) is 0 Å². The highest BCUT2D eigenvalue weighted by atomic mass is 19.3. The molecular formula is C4H3F2O. The molecule has 0 rings (SSSR count). The van der Waals surface area contributed by atoms with E-state index in [1.54, 1.807) is 5.92 Å². The summed E-state index contributed by atoms with van der Waals surface area (Å²) in [6, 6.07) is 0. The van der Waals surface area contributed by atoms with Crippen LogP contribution in [0.1, 0.15) is 0 Å². The molecule has 0 amide bonds. The van der Waals surface area contributed by atoms with Gasteiger partial charge in [0.15, 0.2) is 6.61 Å². The molecular weight excluding hydrogens is 102 g/mol. The van der Waals surface area contributed by atoms with E-state index < -0.39 is 6.61 Å². The first-order valence-corrected chi connectivity index (χ1v) is 1.49. The van der Waals surface area contributed by atoms with Crippen LogP contribution >= 0.6 is 0 Å². The summed E-state index contributed by atoms with van der Waals surface area (Å²) in [5.41, 5.74) is 0. The van der Waals surface area contributed by atoms with E-state index in [2.05, 4.69) is 11.2 Å². The molecule has 7 heavy (non-hydrogen) atoms. The van der Waals surface area contributed by atoms with Gasteiger partial charge in [0, 0.05) is 0 Å². The Hall–Kier alpha value is -0.620. The molecule has 0 aliphatic rings. The first-order chi connectivity index (χ1) is 3.27. The van der Waals surface area contributed by atoms with Crippen molar-refractivity contribution in [3.8, 4) is 12.3 Å². The molecule has 0 aromatic rings. The Morgan fingerprint density at radius 1 is 1.71 bits per heavy atom. The van der Waals surface area contributed by atoms with Crippen molar-refractivity contribution in [1.29, 1.82) is 0 Å². The third-order valence-electron chi connectivity index (χ3n) is 0.239. The average molecular weight is 105 g/mol. The molecule has 0 saturated carbocycles. The first kappa shape index (κ1) is 6.38. The van der Waals surface area contributed by atoms with Gasteiger partial charge in [0.1, 0.15) is 0 Å². The van der Waals surface area contributed by atoms with E-state index in [1.165, 1.54) is 0 Å². The monoisotopic (exact) mass is 105 g/mol. The Morgan fingerprint density at radius 3 is 2.43 bits per heavy atom. The summed E-state index contributed by atoms with van der Waals surface area (Å²) in [6.07, 6.45) is 4.51. The summed E-state index contributed by atoms with van der Waals surface area (Å²) < 4.78 is 25.2. The third-order valence-corrected chi connectivity index (χ3v) is 0.239. The molecule has 0 N–H and O–H groups in total. The molecule has 0 aromatic heterocycles. The SMILES string of the molecule is C#C[CH]OC(F)F. The summed E-state index contributed by atoms with van der Waals surface area (Å²) in [5, 5.41) is 0. The Morgan fingerprint density at radius 2 is 2.29 bits per heavy atom. The van der Waals surface area contributed by atoms with Gasteiger partial charge < -0.3 is 4.74 Å². The molecule has 0 atom stereocenters. The van der Waals surface area contributed by atoms with E-state index in [-0.39, 0.29) is 0 Å². The molecule has 0 spiro atoms. The highest BCUT2D eigenvalue weighted by Crippen LogP contribution is 1.94. The second kappa shape index (κ2) is 3.57. The number of hydrogen-bond donors (Lipinski definition) is 0. The van der Waals surface area contributed by atoms with E-state index in [0.717, 1.165) is 0 Å². The van der Waals surface area contributed by atoms with Gasteiger partial charge in [-0.1, -0.05) is 5.92 Å². The highest BCUT2D eigenvalue weighted by molar-refractivity contribution is 4.93. The summed E-state index contributed by atoms with van der Waals surface area (Å²) >= 11 is 0. The van der Waals surface area contributed by atoms with Crippen LogP contribution in [0.25, 0.3) is 0 Å². The van der Waals surface area contributed by atoms with Gasteiger partial charge in [-0.05, 0) is 0 Å². The van der Waals surface area contributed by atoms with Crippen LogP contribution in [0.4, 0.5) is 8.78 Å². The van der Waals surface area contributed by atoms with Gasteiger partial charge in [0.05, 0.1) is 0 Å². The number of halogens is 2.